The summed E-state index contributed by atoms with van der Waals surface area (Å²) >= 11 is 0. The molecule has 0 bridgehead atoms. The molecule has 0 aromatic heterocycles. The number of carbonyl (C=O) groups excluding carboxylic acids is 2. The van der Waals surface area contributed by atoms with Crippen molar-refractivity contribution >= 4 is 27.6 Å². The molecule has 0 fully saturated rings. The molecule has 0 aromatic carbocycles. The normalized spacial score (nSPS) is 15.9. The predicted octanol–water partition coefficient (Wildman–Crippen LogP) is 9.00. The van der Waals surface area contributed by atoms with Gasteiger partial charge in [-0.25, -0.2) is 9.13 Å². The molecule has 374 valence electrons. The molecule has 64 heavy (non-hydrogen) atoms. The number of phosphoric ester groups is 2. The van der Waals surface area contributed by atoms with Gasteiger partial charge in [0, 0.05) is 12.8 Å². The Bertz CT molecular complexity index is 1380. The SMILES string of the molecule is CCCCC[C@@H](O)/C=C/C=C\C=C\C=C\[C@@H](O)[C@H](O)CCCC(=O)OC[C@H](COP(=O)(O)OC[C@@H](O)COP(=O)(O)O)OC(=O)CCCCCCCCCCCCCCCCC(C)C. The summed E-state index contributed by atoms with van der Waals surface area (Å²) in [5.74, 6) is -0.566. The second-order valence-electron chi connectivity index (χ2n) is 16.7. The quantitative estimate of drug-likeness (QED) is 0.0130. The lowest BCUT2D eigenvalue weighted by atomic mass is 10.0. The molecule has 0 rings (SSSR count). The fraction of sp³-hybridized carbons (Fsp3) is 0.783. The van der Waals surface area contributed by atoms with Gasteiger partial charge < -0.3 is 44.6 Å². The first-order valence-corrected chi connectivity index (χ1v) is 26.5. The number of unbranched alkanes of at least 4 members (excludes halogenated alkanes) is 15. The zero-order chi connectivity index (χ0) is 47.9. The van der Waals surface area contributed by atoms with Gasteiger partial charge in [0.05, 0.1) is 38.1 Å². The average Bonchev–Trinajstić information content (AvgIpc) is 3.23. The summed E-state index contributed by atoms with van der Waals surface area (Å²) in [5.41, 5.74) is 0. The molecule has 6 atom stereocenters. The number of rotatable bonds is 43. The zero-order valence-corrected chi connectivity index (χ0v) is 40.7. The Morgan fingerprint density at radius 1 is 0.531 bits per heavy atom. The van der Waals surface area contributed by atoms with Gasteiger partial charge >= 0.3 is 27.6 Å². The summed E-state index contributed by atoms with van der Waals surface area (Å²) in [6.07, 6.45) is 29.0. The maximum absolute atomic E-state index is 12.7. The van der Waals surface area contributed by atoms with E-state index in [9.17, 15) is 44.0 Å². The highest BCUT2D eigenvalue weighted by atomic mass is 31.2. The van der Waals surface area contributed by atoms with E-state index in [2.05, 4.69) is 29.8 Å². The molecular formula is C46H84O16P2. The number of hydrogen-bond acceptors (Lipinski definition) is 13. The first-order valence-electron chi connectivity index (χ1n) is 23.5. The number of aliphatic hydroxyl groups is 4. The Morgan fingerprint density at radius 2 is 1.02 bits per heavy atom. The molecule has 7 N–H and O–H groups in total. The van der Waals surface area contributed by atoms with Crippen LogP contribution in [0.2, 0.25) is 0 Å². The molecule has 0 aliphatic carbocycles. The standard InChI is InChI=1S/C46H84O16P2/c1-4-5-22-29-40(47)30-24-19-16-17-20-25-31-43(49)44(50)32-27-34-45(51)58-37-42(38-61-64(56,57)60-36-41(48)35-59-63(53,54)55)62-46(52)33-26-21-15-13-11-9-7-6-8-10-12-14-18-23-28-39(2)3/h16-17,19-20,24-25,30-31,39-44,47-50H,4-15,18,21-23,26-29,32-38H2,1-3H3,(H,56,57)(H2,53,54,55)/b19-16-,20-17+,30-24+,31-25+/t40-,41+,42-,43-,44-/m1/s1. The summed E-state index contributed by atoms with van der Waals surface area (Å²) in [6.45, 7) is 3.60. The summed E-state index contributed by atoms with van der Waals surface area (Å²) in [7, 11) is -9.80. The topological polar surface area (TPSA) is 256 Å². The van der Waals surface area contributed by atoms with E-state index in [0.717, 1.165) is 57.3 Å². The third-order valence-corrected chi connectivity index (χ3v) is 11.4. The third kappa shape index (κ3) is 42.6. The van der Waals surface area contributed by atoms with Crippen molar-refractivity contribution in [1.82, 2.24) is 0 Å². The lowest BCUT2D eigenvalue weighted by Crippen LogP contribution is -2.30. The average molecular weight is 955 g/mol. The Labute approximate surface area is 383 Å². The van der Waals surface area contributed by atoms with Crippen molar-refractivity contribution in [2.24, 2.45) is 5.92 Å². The highest BCUT2D eigenvalue weighted by Gasteiger charge is 2.28. The highest BCUT2D eigenvalue weighted by Crippen LogP contribution is 2.44. The van der Waals surface area contributed by atoms with Gasteiger partial charge in [0.25, 0.3) is 0 Å². The first kappa shape index (κ1) is 62.0. The fourth-order valence-electron chi connectivity index (χ4n) is 6.27. The summed E-state index contributed by atoms with van der Waals surface area (Å²) in [5, 5.41) is 40.3. The number of hydrogen-bond donors (Lipinski definition) is 7. The van der Waals surface area contributed by atoms with E-state index < -0.39 is 84.5 Å². The van der Waals surface area contributed by atoms with E-state index in [0.29, 0.717) is 6.42 Å². The van der Waals surface area contributed by atoms with Crippen LogP contribution < -0.4 is 0 Å². The van der Waals surface area contributed by atoms with Gasteiger partial charge in [-0.3, -0.25) is 23.2 Å². The Balaban J connectivity index is 4.76. The molecule has 0 aromatic rings. The van der Waals surface area contributed by atoms with Crippen molar-refractivity contribution in [3.8, 4) is 0 Å². The molecule has 0 heterocycles. The number of aliphatic hydroxyl groups excluding tert-OH is 4. The first-order chi connectivity index (χ1) is 30.4. The lowest BCUT2D eigenvalue weighted by molar-refractivity contribution is -0.161. The van der Waals surface area contributed by atoms with Crippen LogP contribution in [0.15, 0.2) is 48.6 Å². The molecule has 0 saturated carbocycles. The Morgan fingerprint density at radius 3 is 1.58 bits per heavy atom. The van der Waals surface area contributed by atoms with Crippen LogP contribution in [0.3, 0.4) is 0 Å². The van der Waals surface area contributed by atoms with E-state index in [-0.39, 0.29) is 25.7 Å². The predicted molar refractivity (Wildman–Crippen MR) is 248 cm³/mol. The number of ether oxygens (including phenoxy) is 2. The fourth-order valence-corrected chi connectivity index (χ4v) is 7.43. The van der Waals surface area contributed by atoms with E-state index >= 15 is 0 Å². The molecule has 0 radical (unpaired) electrons. The molecule has 16 nitrogen and oxygen atoms in total. The van der Waals surface area contributed by atoms with Crippen LogP contribution in [-0.4, -0.2) is 104 Å². The van der Waals surface area contributed by atoms with Crippen LogP contribution in [0.5, 0.6) is 0 Å². The van der Waals surface area contributed by atoms with E-state index in [1.807, 2.05) is 0 Å². The summed E-state index contributed by atoms with van der Waals surface area (Å²) in [4.78, 5) is 52.8. The molecule has 0 aliphatic heterocycles. The van der Waals surface area contributed by atoms with E-state index in [1.54, 1.807) is 42.5 Å². The van der Waals surface area contributed by atoms with Crippen LogP contribution in [-0.2, 0) is 41.8 Å². The number of esters is 2. The van der Waals surface area contributed by atoms with E-state index in [1.165, 1.54) is 70.3 Å². The van der Waals surface area contributed by atoms with Gasteiger partial charge in [0.2, 0.25) is 0 Å². The monoisotopic (exact) mass is 955 g/mol. The van der Waals surface area contributed by atoms with Crippen molar-refractivity contribution in [2.75, 3.05) is 26.4 Å². The van der Waals surface area contributed by atoms with Crippen molar-refractivity contribution in [3.63, 3.8) is 0 Å². The van der Waals surface area contributed by atoms with Crippen molar-refractivity contribution in [3.05, 3.63) is 48.6 Å². The number of allylic oxidation sites excluding steroid dienone is 6. The minimum atomic E-state index is -4.90. The second kappa shape index (κ2) is 40.1. The molecular weight excluding hydrogens is 870 g/mol. The molecule has 18 heteroatoms. The summed E-state index contributed by atoms with van der Waals surface area (Å²) in [6, 6.07) is 0. The second-order valence-corrected chi connectivity index (χ2v) is 19.4. The largest absolute Gasteiger partial charge is 0.472 e. The number of carbonyl (C=O) groups is 2. The van der Waals surface area contributed by atoms with Gasteiger partial charge in [-0.15, -0.1) is 0 Å². The van der Waals surface area contributed by atoms with Crippen molar-refractivity contribution in [1.29, 1.82) is 0 Å². The molecule has 1 unspecified atom stereocenters. The summed E-state index contributed by atoms with van der Waals surface area (Å²) < 4.78 is 47.6. The highest BCUT2D eigenvalue weighted by molar-refractivity contribution is 7.47. The van der Waals surface area contributed by atoms with Gasteiger partial charge in [-0.05, 0) is 31.6 Å². The van der Waals surface area contributed by atoms with Crippen molar-refractivity contribution < 1.29 is 76.9 Å². The molecule has 0 spiro atoms. The van der Waals surface area contributed by atoms with Crippen LogP contribution in [0.4, 0.5) is 0 Å². The van der Waals surface area contributed by atoms with Crippen LogP contribution in [0, 0.1) is 5.92 Å². The van der Waals surface area contributed by atoms with Crippen LogP contribution in [0.25, 0.3) is 0 Å². The van der Waals surface area contributed by atoms with E-state index in [4.69, 9.17) is 23.8 Å². The Hall–Kier alpha value is -2.04. The minimum Gasteiger partial charge on any atom is -0.462 e. The Kier molecular flexibility index (Phi) is 38.8. The third-order valence-electron chi connectivity index (χ3n) is 10.0. The maximum atomic E-state index is 12.7. The smallest absolute Gasteiger partial charge is 0.462 e. The number of phosphoric acid groups is 2. The van der Waals surface area contributed by atoms with Gasteiger partial charge in [0.1, 0.15) is 12.7 Å². The van der Waals surface area contributed by atoms with Crippen molar-refractivity contribution in [2.45, 2.75) is 199 Å². The van der Waals surface area contributed by atoms with Gasteiger partial charge in [-0.1, -0.05) is 179 Å². The lowest BCUT2D eigenvalue weighted by Gasteiger charge is -2.20. The molecule has 0 saturated heterocycles. The molecule has 0 aliphatic rings. The zero-order valence-electron chi connectivity index (χ0n) is 38.9. The minimum absolute atomic E-state index is 0.0593. The van der Waals surface area contributed by atoms with Crippen LogP contribution >= 0.6 is 15.6 Å². The van der Waals surface area contributed by atoms with Gasteiger partial charge in [-0.2, -0.15) is 0 Å². The molecule has 0 amide bonds. The maximum Gasteiger partial charge on any atom is 0.472 e. The van der Waals surface area contributed by atoms with Crippen LogP contribution in [0.1, 0.15) is 168 Å². The van der Waals surface area contributed by atoms with Gasteiger partial charge in [0.15, 0.2) is 6.10 Å².